The van der Waals surface area contributed by atoms with Gasteiger partial charge in [-0.25, -0.2) is 14.8 Å². The minimum Gasteiger partial charge on any atom is -0.444 e. The second kappa shape index (κ2) is 7.95. The van der Waals surface area contributed by atoms with Crippen LogP contribution in [0.3, 0.4) is 0 Å². The summed E-state index contributed by atoms with van der Waals surface area (Å²) in [5.74, 6) is -0.619. The van der Waals surface area contributed by atoms with Crippen LogP contribution in [-0.2, 0) is 11.3 Å². The summed E-state index contributed by atoms with van der Waals surface area (Å²) in [6, 6.07) is 12.8. The first-order valence-electron chi connectivity index (χ1n) is 8.76. The van der Waals surface area contributed by atoms with E-state index in [2.05, 4.69) is 15.3 Å². The number of benzene rings is 2. The lowest BCUT2D eigenvalue weighted by molar-refractivity contribution is -0.387. The van der Waals surface area contributed by atoms with Crippen molar-refractivity contribution < 1.29 is 18.8 Å². The van der Waals surface area contributed by atoms with Crippen LogP contribution in [0.15, 0.2) is 67.1 Å². The number of nitrogens with one attached hydrogen (secondary N) is 1. The first-order valence-corrected chi connectivity index (χ1v) is 8.76. The van der Waals surface area contributed by atoms with Gasteiger partial charge in [0.1, 0.15) is 6.61 Å². The summed E-state index contributed by atoms with van der Waals surface area (Å²) >= 11 is 0. The van der Waals surface area contributed by atoms with Crippen molar-refractivity contribution >= 4 is 23.2 Å². The molecular weight excluding hydrogens is 393 g/mol. The fourth-order valence-corrected chi connectivity index (χ4v) is 2.78. The number of rotatable bonds is 5. The number of nitrogens with zero attached hydrogens (tertiary/aromatic N) is 4. The summed E-state index contributed by atoms with van der Waals surface area (Å²) in [7, 11) is 0. The van der Waals surface area contributed by atoms with Gasteiger partial charge in [0.15, 0.2) is 0 Å². The first-order chi connectivity index (χ1) is 14.5. The zero-order chi connectivity index (χ0) is 21.1. The number of imidazole rings is 1. The Hall–Kier alpha value is -4.34. The number of aromatic nitrogens is 3. The van der Waals surface area contributed by atoms with E-state index < -0.39 is 22.5 Å². The zero-order valence-corrected chi connectivity index (χ0v) is 15.4. The molecule has 9 nitrogen and oxygen atoms in total. The van der Waals surface area contributed by atoms with Gasteiger partial charge < -0.3 is 4.74 Å². The average molecular weight is 407 g/mol. The smallest absolute Gasteiger partial charge is 0.412 e. The van der Waals surface area contributed by atoms with Crippen molar-refractivity contribution in [1.29, 1.82) is 0 Å². The number of carbonyl (C=O) groups excluding carboxylic acids is 1. The minimum absolute atomic E-state index is 0.126. The summed E-state index contributed by atoms with van der Waals surface area (Å²) in [6.07, 6.45) is 3.90. The van der Waals surface area contributed by atoms with E-state index in [0.717, 1.165) is 17.7 Å². The molecule has 0 aliphatic carbocycles. The van der Waals surface area contributed by atoms with Crippen molar-refractivity contribution in [2.75, 3.05) is 5.32 Å². The molecule has 2 aromatic carbocycles. The summed E-state index contributed by atoms with van der Waals surface area (Å²) in [4.78, 5) is 30.6. The normalized spacial score (nSPS) is 10.7. The molecule has 0 bridgehead atoms. The maximum absolute atomic E-state index is 13.6. The van der Waals surface area contributed by atoms with E-state index in [-0.39, 0.29) is 6.61 Å². The van der Waals surface area contributed by atoms with Crippen LogP contribution in [0.5, 0.6) is 0 Å². The highest BCUT2D eigenvalue weighted by molar-refractivity contribution is 5.84. The molecule has 1 N–H and O–H groups in total. The molecule has 0 aliphatic heterocycles. The van der Waals surface area contributed by atoms with Crippen LogP contribution in [0.25, 0.3) is 17.0 Å². The predicted molar refractivity (Wildman–Crippen MR) is 105 cm³/mol. The number of hydrogen-bond acceptors (Lipinski definition) is 6. The van der Waals surface area contributed by atoms with Crippen LogP contribution in [0.2, 0.25) is 0 Å². The highest BCUT2D eigenvalue weighted by Gasteiger charge is 2.16. The molecule has 0 aliphatic rings. The largest absolute Gasteiger partial charge is 0.444 e. The number of amides is 1. The van der Waals surface area contributed by atoms with Crippen molar-refractivity contribution in [2.24, 2.45) is 0 Å². The van der Waals surface area contributed by atoms with Gasteiger partial charge in [0.05, 0.1) is 22.5 Å². The fraction of sp³-hybridized carbons (Fsp3) is 0.0500. The van der Waals surface area contributed by atoms with Crippen molar-refractivity contribution in [3.63, 3.8) is 0 Å². The molecule has 2 heterocycles. The summed E-state index contributed by atoms with van der Waals surface area (Å²) in [5.41, 5.74) is 1.32. The van der Waals surface area contributed by atoms with Crippen LogP contribution in [0.1, 0.15) is 5.56 Å². The van der Waals surface area contributed by atoms with Gasteiger partial charge in [0, 0.05) is 24.0 Å². The number of nitro benzene ring substituents is 1. The molecule has 30 heavy (non-hydrogen) atoms. The van der Waals surface area contributed by atoms with E-state index in [0.29, 0.717) is 22.7 Å². The molecule has 0 saturated heterocycles. The third kappa shape index (κ3) is 4.07. The molecule has 2 aromatic heterocycles. The number of anilines is 1. The summed E-state index contributed by atoms with van der Waals surface area (Å²) in [6.45, 7) is 0.126. The zero-order valence-electron chi connectivity index (χ0n) is 15.4. The summed E-state index contributed by atoms with van der Waals surface area (Å²) in [5, 5.41) is 13.5. The Kier molecular flexibility index (Phi) is 5.04. The summed E-state index contributed by atoms with van der Waals surface area (Å²) < 4.78 is 20.3. The quantitative estimate of drug-likeness (QED) is 0.392. The van der Waals surface area contributed by atoms with Crippen molar-refractivity contribution in [3.05, 3.63) is 88.6 Å². The molecule has 0 spiro atoms. The van der Waals surface area contributed by atoms with Gasteiger partial charge in [-0.1, -0.05) is 30.3 Å². The lowest BCUT2D eigenvalue weighted by Crippen LogP contribution is -2.14. The first kappa shape index (κ1) is 19.0. The van der Waals surface area contributed by atoms with Crippen molar-refractivity contribution in [2.45, 2.75) is 6.61 Å². The van der Waals surface area contributed by atoms with E-state index >= 15 is 0 Å². The molecular formula is C20H14FN5O4. The topological polar surface area (TPSA) is 112 Å². The Labute approximate surface area is 168 Å². The molecule has 0 unspecified atom stereocenters. The number of nitro groups is 1. The number of hydrogen-bond donors (Lipinski definition) is 1. The van der Waals surface area contributed by atoms with E-state index in [1.807, 2.05) is 30.3 Å². The molecule has 0 atom stereocenters. The second-order valence-electron chi connectivity index (χ2n) is 6.29. The van der Waals surface area contributed by atoms with Gasteiger partial charge in [0.2, 0.25) is 11.6 Å². The molecule has 0 saturated carbocycles. The fourth-order valence-electron chi connectivity index (χ4n) is 2.78. The van der Waals surface area contributed by atoms with Crippen molar-refractivity contribution in [1.82, 2.24) is 14.4 Å². The van der Waals surface area contributed by atoms with E-state index in [9.17, 15) is 19.3 Å². The minimum atomic E-state index is -0.925. The number of halogens is 1. The van der Waals surface area contributed by atoms with Crippen LogP contribution < -0.4 is 5.32 Å². The Morgan fingerprint density at radius 2 is 2.00 bits per heavy atom. The third-order valence-electron chi connectivity index (χ3n) is 4.21. The van der Waals surface area contributed by atoms with E-state index in [1.165, 1.54) is 16.7 Å². The number of fused-ring (bicyclic) bond motifs is 1. The van der Waals surface area contributed by atoms with Gasteiger partial charge in [-0.2, -0.15) is 4.39 Å². The van der Waals surface area contributed by atoms with Gasteiger partial charge >= 0.3 is 11.8 Å². The number of carbonyl (C=O) groups is 1. The van der Waals surface area contributed by atoms with Crippen LogP contribution in [-0.4, -0.2) is 25.4 Å². The molecule has 4 aromatic rings. The Morgan fingerprint density at radius 1 is 1.20 bits per heavy atom. The van der Waals surface area contributed by atoms with Gasteiger partial charge in [-0.3, -0.25) is 19.8 Å². The molecule has 1 amide bonds. The lowest BCUT2D eigenvalue weighted by Gasteiger charge is -2.07. The molecule has 150 valence electrons. The van der Waals surface area contributed by atoms with E-state index in [4.69, 9.17) is 4.74 Å². The molecule has 4 rings (SSSR count). The van der Waals surface area contributed by atoms with Crippen LogP contribution >= 0.6 is 0 Å². The van der Waals surface area contributed by atoms with Crippen molar-refractivity contribution in [3.8, 4) is 11.3 Å². The third-order valence-corrected chi connectivity index (χ3v) is 4.21. The Balaban J connectivity index is 1.50. The highest BCUT2D eigenvalue weighted by Crippen LogP contribution is 2.26. The highest BCUT2D eigenvalue weighted by atomic mass is 19.1. The predicted octanol–water partition coefficient (Wildman–Crippen LogP) is 4.19. The maximum atomic E-state index is 13.6. The average Bonchev–Trinajstić information content (AvgIpc) is 3.16. The van der Waals surface area contributed by atoms with E-state index in [1.54, 1.807) is 12.4 Å². The van der Waals surface area contributed by atoms with Crippen LogP contribution in [0.4, 0.5) is 20.6 Å². The second-order valence-corrected chi connectivity index (χ2v) is 6.29. The molecule has 10 heteroatoms. The Morgan fingerprint density at radius 3 is 2.77 bits per heavy atom. The SMILES string of the molecule is O=C(Nc1cnc2nc(-c3ccc(F)c([N+](=O)[O-])c3)cn2c1)OCc1ccccc1. The molecule has 0 radical (unpaired) electrons. The Bertz CT molecular complexity index is 1240. The van der Waals surface area contributed by atoms with Gasteiger partial charge in [-0.05, 0) is 17.7 Å². The lowest BCUT2D eigenvalue weighted by atomic mass is 10.1. The monoisotopic (exact) mass is 407 g/mol. The standard InChI is InChI=1S/C20H14FN5O4/c21-16-7-6-14(8-18(16)26(28)29)17-11-25-10-15(9-22-19(25)24-17)23-20(27)30-12-13-4-2-1-3-5-13/h1-11H,12H2,(H,23,27). The maximum Gasteiger partial charge on any atom is 0.412 e. The van der Waals surface area contributed by atoms with Crippen LogP contribution in [0, 0.1) is 15.9 Å². The number of ether oxygens (including phenoxy) is 1. The van der Waals surface area contributed by atoms with Gasteiger partial charge in [-0.15, -0.1) is 0 Å². The molecule has 0 fully saturated rings. The van der Waals surface area contributed by atoms with Gasteiger partial charge in [0.25, 0.3) is 0 Å².